The maximum absolute atomic E-state index is 5.42. The van der Waals surface area contributed by atoms with Crippen molar-refractivity contribution in [1.82, 2.24) is 20.3 Å². The van der Waals surface area contributed by atoms with Gasteiger partial charge in [0.25, 0.3) is 5.89 Å². The van der Waals surface area contributed by atoms with Crippen LogP contribution in [0.2, 0.25) is 0 Å². The summed E-state index contributed by atoms with van der Waals surface area (Å²) in [5.74, 6) is 1.69. The first-order valence-electron chi connectivity index (χ1n) is 8.83. The second kappa shape index (κ2) is 6.66. The molecule has 2 aromatic heterocycles. The molecular formula is C22H16N4O2. The van der Waals surface area contributed by atoms with Gasteiger partial charge in [0.05, 0.1) is 12.8 Å². The molecule has 6 heteroatoms. The third-order valence-electron chi connectivity index (χ3n) is 4.63. The van der Waals surface area contributed by atoms with Crippen LogP contribution in [0.3, 0.4) is 0 Å². The highest BCUT2D eigenvalue weighted by Gasteiger charge is 2.14. The molecule has 0 atom stereocenters. The summed E-state index contributed by atoms with van der Waals surface area (Å²) in [6.45, 7) is 0. The number of aromatic nitrogens is 4. The van der Waals surface area contributed by atoms with E-state index in [1.807, 2.05) is 42.5 Å². The van der Waals surface area contributed by atoms with Crippen molar-refractivity contribution in [3.8, 4) is 40.0 Å². The summed E-state index contributed by atoms with van der Waals surface area (Å²) in [4.78, 5) is 4.47. The number of ether oxygens (including phenoxy) is 1. The monoisotopic (exact) mass is 368 g/mol. The highest BCUT2D eigenvalue weighted by molar-refractivity contribution is 5.87. The van der Waals surface area contributed by atoms with Gasteiger partial charge in [0.15, 0.2) is 0 Å². The van der Waals surface area contributed by atoms with Gasteiger partial charge in [-0.15, -0.1) is 0 Å². The van der Waals surface area contributed by atoms with E-state index in [0.29, 0.717) is 17.4 Å². The summed E-state index contributed by atoms with van der Waals surface area (Å²) in [7, 11) is 1.63. The highest BCUT2D eigenvalue weighted by atomic mass is 16.5. The lowest BCUT2D eigenvalue weighted by Gasteiger charge is -2.00. The van der Waals surface area contributed by atoms with Gasteiger partial charge in [-0.25, -0.2) is 0 Å². The van der Waals surface area contributed by atoms with Crippen molar-refractivity contribution in [1.29, 1.82) is 0 Å². The molecule has 0 amide bonds. The van der Waals surface area contributed by atoms with Gasteiger partial charge in [-0.3, -0.25) is 5.10 Å². The van der Waals surface area contributed by atoms with Crippen molar-refractivity contribution in [2.24, 2.45) is 0 Å². The number of methoxy groups -OCH3 is 1. The van der Waals surface area contributed by atoms with Crippen LogP contribution in [-0.4, -0.2) is 27.4 Å². The van der Waals surface area contributed by atoms with Crippen LogP contribution in [0.4, 0.5) is 0 Å². The molecule has 0 unspecified atom stereocenters. The van der Waals surface area contributed by atoms with E-state index in [1.165, 1.54) is 10.8 Å². The Labute approximate surface area is 160 Å². The number of rotatable bonds is 4. The third kappa shape index (κ3) is 2.91. The van der Waals surface area contributed by atoms with Gasteiger partial charge in [-0.05, 0) is 47.2 Å². The first-order chi connectivity index (χ1) is 13.8. The molecule has 0 saturated heterocycles. The lowest BCUT2D eigenvalue weighted by molar-refractivity contribution is 0.414. The van der Waals surface area contributed by atoms with E-state index >= 15 is 0 Å². The summed E-state index contributed by atoms with van der Waals surface area (Å²) in [6.07, 6.45) is 0. The van der Waals surface area contributed by atoms with E-state index in [0.717, 1.165) is 22.6 Å². The van der Waals surface area contributed by atoms with Gasteiger partial charge in [0, 0.05) is 11.1 Å². The Morgan fingerprint density at radius 3 is 2.46 bits per heavy atom. The first-order valence-corrected chi connectivity index (χ1v) is 8.83. The minimum atomic E-state index is 0.394. The molecule has 0 bridgehead atoms. The zero-order valence-corrected chi connectivity index (χ0v) is 15.1. The van der Waals surface area contributed by atoms with Crippen LogP contribution in [0.25, 0.3) is 45.0 Å². The van der Waals surface area contributed by atoms with Crippen LogP contribution in [0.1, 0.15) is 0 Å². The second-order valence-electron chi connectivity index (χ2n) is 6.38. The van der Waals surface area contributed by atoms with Gasteiger partial charge in [0.2, 0.25) is 5.82 Å². The molecule has 0 aliphatic rings. The number of aromatic amines is 1. The molecule has 5 rings (SSSR count). The van der Waals surface area contributed by atoms with Crippen molar-refractivity contribution in [3.05, 3.63) is 72.8 Å². The minimum absolute atomic E-state index is 0.394. The maximum atomic E-state index is 5.42. The molecular weight excluding hydrogens is 352 g/mol. The summed E-state index contributed by atoms with van der Waals surface area (Å²) in [5.41, 5.74) is 3.38. The SMILES string of the molecule is COc1ccc(-c2noc(-c3cc(-c4ccc5ccccc5c4)n[nH]3)n2)cc1. The normalized spacial score (nSPS) is 11.0. The molecule has 3 aromatic carbocycles. The summed E-state index contributed by atoms with van der Waals surface area (Å²) < 4.78 is 10.6. The van der Waals surface area contributed by atoms with E-state index in [-0.39, 0.29) is 0 Å². The Morgan fingerprint density at radius 2 is 1.64 bits per heavy atom. The van der Waals surface area contributed by atoms with Crippen molar-refractivity contribution in [2.75, 3.05) is 7.11 Å². The highest BCUT2D eigenvalue weighted by Crippen LogP contribution is 2.27. The van der Waals surface area contributed by atoms with Crippen molar-refractivity contribution in [2.45, 2.75) is 0 Å². The van der Waals surface area contributed by atoms with Gasteiger partial charge in [-0.2, -0.15) is 10.1 Å². The number of H-pyrrole nitrogens is 1. The molecule has 0 spiro atoms. The van der Waals surface area contributed by atoms with Gasteiger partial charge in [-0.1, -0.05) is 41.6 Å². The lowest BCUT2D eigenvalue weighted by atomic mass is 10.1. The summed E-state index contributed by atoms with van der Waals surface area (Å²) >= 11 is 0. The van der Waals surface area contributed by atoms with Crippen LogP contribution in [0, 0.1) is 0 Å². The Kier molecular flexibility index (Phi) is 3.87. The summed E-state index contributed by atoms with van der Waals surface area (Å²) in [6, 6.07) is 23.9. The van der Waals surface area contributed by atoms with Gasteiger partial charge >= 0.3 is 0 Å². The van der Waals surface area contributed by atoms with E-state index in [1.54, 1.807) is 7.11 Å². The smallest absolute Gasteiger partial charge is 0.276 e. The van der Waals surface area contributed by atoms with Crippen LogP contribution in [0.5, 0.6) is 5.75 Å². The first kappa shape index (κ1) is 16.3. The number of hydrogen-bond donors (Lipinski definition) is 1. The number of hydrogen-bond acceptors (Lipinski definition) is 5. The van der Waals surface area contributed by atoms with Crippen molar-refractivity contribution < 1.29 is 9.26 Å². The fourth-order valence-electron chi connectivity index (χ4n) is 3.12. The average molecular weight is 368 g/mol. The molecule has 0 radical (unpaired) electrons. The lowest BCUT2D eigenvalue weighted by Crippen LogP contribution is -1.84. The fraction of sp³-hybridized carbons (Fsp3) is 0.0455. The standard InChI is InChI=1S/C22H16N4O2/c1-27-18-10-8-15(9-11-18)21-23-22(28-26-21)20-13-19(24-25-20)17-7-6-14-4-2-3-5-16(14)12-17/h2-13H,1H3,(H,24,25). The van der Waals surface area contributed by atoms with Crippen LogP contribution >= 0.6 is 0 Å². The quantitative estimate of drug-likeness (QED) is 0.485. The van der Waals surface area contributed by atoms with Crippen molar-refractivity contribution >= 4 is 10.8 Å². The molecule has 136 valence electrons. The number of benzene rings is 3. The van der Waals surface area contributed by atoms with Crippen LogP contribution in [0.15, 0.2) is 77.3 Å². The number of nitrogens with zero attached hydrogens (tertiary/aromatic N) is 3. The second-order valence-corrected chi connectivity index (χ2v) is 6.38. The Balaban J connectivity index is 1.44. The van der Waals surface area contributed by atoms with E-state index in [9.17, 15) is 0 Å². The largest absolute Gasteiger partial charge is 0.497 e. The predicted molar refractivity (Wildman–Crippen MR) is 107 cm³/mol. The molecule has 28 heavy (non-hydrogen) atoms. The Morgan fingerprint density at radius 1 is 0.857 bits per heavy atom. The predicted octanol–water partition coefficient (Wildman–Crippen LogP) is 4.96. The van der Waals surface area contributed by atoms with E-state index < -0.39 is 0 Å². The van der Waals surface area contributed by atoms with Crippen molar-refractivity contribution in [3.63, 3.8) is 0 Å². The molecule has 0 aliphatic carbocycles. The van der Waals surface area contributed by atoms with E-state index in [4.69, 9.17) is 9.26 Å². The Hall–Kier alpha value is -3.93. The van der Waals surface area contributed by atoms with Gasteiger partial charge < -0.3 is 9.26 Å². The van der Waals surface area contributed by atoms with Gasteiger partial charge in [0.1, 0.15) is 11.4 Å². The molecule has 0 saturated carbocycles. The molecule has 1 N–H and O–H groups in total. The number of nitrogens with one attached hydrogen (secondary N) is 1. The maximum Gasteiger partial charge on any atom is 0.276 e. The van der Waals surface area contributed by atoms with Crippen LogP contribution in [-0.2, 0) is 0 Å². The molecule has 5 aromatic rings. The zero-order valence-electron chi connectivity index (χ0n) is 15.1. The van der Waals surface area contributed by atoms with E-state index in [2.05, 4.69) is 50.7 Å². The molecule has 0 fully saturated rings. The molecule has 2 heterocycles. The fourth-order valence-corrected chi connectivity index (χ4v) is 3.12. The zero-order chi connectivity index (χ0) is 18.9. The average Bonchev–Trinajstić information content (AvgIpc) is 3.43. The topological polar surface area (TPSA) is 76.8 Å². The molecule has 6 nitrogen and oxygen atoms in total. The third-order valence-corrected chi connectivity index (χ3v) is 4.63. The summed E-state index contributed by atoms with van der Waals surface area (Å²) in [5, 5.41) is 13.8. The Bertz CT molecular complexity index is 1260. The minimum Gasteiger partial charge on any atom is -0.497 e. The number of fused-ring (bicyclic) bond motifs is 1. The van der Waals surface area contributed by atoms with Crippen LogP contribution < -0.4 is 4.74 Å². The molecule has 0 aliphatic heterocycles.